The van der Waals surface area contributed by atoms with E-state index in [1.165, 1.54) is 26.2 Å². The fourth-order valence-electron chi connectivity index (χ4n) is 1.64. The maximum Gasteiger partial charge on any atom is 0.240 e. The number of nitrogens with zero attached hydrogens (tertiary/aromatic N) is 1. The molecule has 1 aromatic rings. The summed E-state index contributed by atoms with van der Waals surface area (Å²) in [5, 5.41) is 0. The molecule has 1 aromatic carbocycles. The molecule has 0 aliphatic heterocycles. The van der Waals surface area contributed by atoms with Crippen molar-refractivity contribution in [3.63, 3.8) is 0 Å². The van der Waals surface area contributed by atoms with Gasteiger partial charge < -0.3 is 5.73 Å². The first kappa shape index (κ1) is 18.1. The summed E-state index contributed by atoms with van der Waals surface area (Å²) in [6, 6.07) is 4.63. The molecule has 0 saturated carbocycles. The number of hydrogen-bond acceptors (Lipinski definition) is 5. The predicted molar refractivity (Wildman–Crippen MR) is 81.7 cm³/mol. The zero-order chi connectivity index (χ0) is 16.3. The van der Waals surface area contributed by atoms with Crippen molar-refractivity contribution in [2.45, 2.75) is 18.4 Å². The third-order valence-electron chi connectivity index (χ3n) is 3.05. The van der Waals surface area contributed by atoms with Gasteiger partial charge in [0.05, 0.1) is 10.6 Å². The van der Waals surface area contributed by atoms with Gasteiger partial charge in [0.1, 0.15) is 0 Å². The van der Waals surface area contributed by atoms with Gasteiger partial charge in [-0.1, -0.05) is 6.07 Å². The molecule has 0 bridgehead atoms. The number of hydrogen-bond donors (Lipinski definition) is 2. The van der Waals surface area contributed by atoms with Crippen molar-refractivity contribution in [1.29, 1.82) is 0 Å². The Kier molecular flexibility index (Phi) is 5.88. The van der Waals surface area contributed by atoms with Crippen molar-refractivity contribution in [3.8, 4) is 0 Å². The van der Waals surface area contributed by atoms with Crippen molar-refractivity contribution in [1.82, 2.24) is 9.03 Å². The Balaban J connectivity index is 2.81. The molecule has 0 spiro atoms. The Hall–Kier alpha value is -1.00. The monoisotopic (exact) mass is 335 g/mol. The van der Waals surface area contributed by atoms with E-state index in [1.807, 2.05) is 0 Å². The molecule has 0 aliphatic carbocycles. The van der Waals surface area contributed by atoms with Crippen LogP contribution in [0, 0.1) is 6.92 Å². The molecule has 0 fully saturated rings. The number of sulfonamides is 2. The molecule has 0 radical (unpaired) electrons. The van der Waals surface area contributed by atoms with Crippen LogP contribution in [0.2, 0.25) is 0 Å². The number of benzene rings is 1. The van der Waals surface area contributed by atoms with E-state index in [9.17, 15) is 16.8 Å². The number of nitrogens with one attached hydrogen (secondary N) is 1. The molecule has 120 valence electrons. The Labute approximate surface area is 126 Å². The van der Waals surface area contributed by atoms with E-state index in [0.29, 0.717) is 6.54 Å². The molecule has 3 N–H and O–H groups in total. The second kappa shape index (κ2) is 6.84. The highest BCUT2D eigenvalue weighted by molar-refractivity contribution is 7.90. The van der Waals surface area contributed by atoms with Gasteiger partial charge in [-0.05, 0) is 30.2 Å². The van der Waals surface area contributed by atoms with Gasteiger partial charge in [0.25, 0.3) is 0 Å². The lowest BCUT2D eigenvalue weighted by Crippen LogP contribution is -2.34. The van der Waals surface area contributed by atoms with Crippen molar-refractivity contribution < 1.29 is 16.8 Å². The highest BCUT2D eigenvalue weighted by Crippen LogP contribution is 2.15. The van der Waals surface area contributed by atoms with Crippen LogP contribution >= 0.6 is 0 Å². The number of aryl methyl sites for hydroxylation is 1. The van der Waals surface area contributed by atoms with Crippen LogP contribution < -0.4 is 10.5 Å². The minimum absolute atomic E-state index is 0.0967. The van der Waals surface area contributed by atoms with Gasteiger partial charge in [0, 0.05) is 27.2 Å². The van der Waals surface area contributed by atoms with Gasteiger partial charge in [-0.15, -0.1) is 0 Å². The molecular formula is C12H21N3O4S2. The first-order valence-electron chi connectivity index (χ1n) is 6.29. The Bertz CT molecular complexity index is 697. The lowest BCUT2D eigenvalue weighted by atomic mass is 10.1. The lowest BCUT2D eigenvalue weighted by Gasteiger charge is -2.12. The third-order valence-corrected chi connectivity index (χ3v) is 6.34. The molecule has 1 rings (SSSR count). The molecule has 0 aliphatic rings. The zero-order valence-corrected chi connectivity index (χ0v) is 14.0. The smallest absolute Gasteiger partial charge is 0.240 e. The molecule has 21 heavy (non-hydrogen) atoms. The predicted octanol–water partition coefficient (Wildman–Crippen LogP) is -0.377. The van der Waals surface area contributed by atoms with Crippen LogP contribution in [0.5, 0.6) is 0 Å². The molecule has 0 unspecified atom stereocenters. The third kappa shape index (κ3) is 4.75. The van der Waals surface area contributed by atoms with Crippen LogP contribution in [0.4, 0.5) is 0 Å². The van der Waals surface area contributed by atoms with Crippen LogP contribution in [-0.2, 0) is 26.6 Å². The van der Waals surface area contributed by atoms with Gasteiger partial charge in [-0.3, -0.25) is 0 Å². The largest absolute Gasteiger partial charge is 0.326 e. The fraction of sp³-hybridized carbons (Fsp3) is 0.500. The summed E-state index contributed by atoms with van der Waals surface area (Å²) in [5.74, 6) is -0.293. The lowest BCUT2D eigenvalue weighted by molar-refractivity contribution is 0.519. The highest BCUT2D eigenvalue weighted by atomic mass is 32.2. The average Bonchev–Trinajstić information content (AvgIpc) is 2.37. The number of rotatable bonds is 7. The first-order valence-corrected chi connectivity index (χ1v) is 9.39. The molecule has 0 saturated heterocycles. The summed E-state index contributed by atoms with van der Waals surface area (Å²) < 4.78 is 50.7. The summed E-state index contributed by atoms with van der Waals surface area (Å²) in [6.07, 6.45) is 0. The highest BCUT2D eigenvalue weighted by Gasteiger charge is 2.18. The van der Waals surface area contributed by atoms with Crippen molar-refractivity contribution in [2.75, 3.05) is 26.4 Å². The minimum atomic E-state index is -3.73. The molecule has 0 aromatic heterocycles. The van der Waals surface area contributed by atoms with Gasteiger partial charge in [0.15, 0.2) is 0 Å². The number of nitrogens with two attached hydrogens (primary N) is 1. The Morgan fingerprint density at radius 1 is 1.19 bits per heavy atom. The molecule has 0 heterocycles. The van der Waals surface area contributed by atoms with Crippen LogP contribution in [0.3, 0.4) is 0 Å². The second-order valence-electron chi connectivity index (χ2n) is 4.79. The van der Waals surface area contributed by atoms with E-state index in [2.05, 4.69) is 4.72 Å². The van der Waals surface area contributed by atoms with Crippen LogP contribution in [0.1, 0.15) is 11.1 Å². The standard InChI is InChI=1S/C12H21N3O4S2/c1-10-8-12(5-4-11(10)9-13)21(18,19)14-6-7-20(16,17)15(2)3/h4-5,8,14H,6-7,9,13H2,1-3H3. The van der Waals surface area contributed by atoms with E-state index in [-0.39, 0.29) is 17.2 Å². The van der Waals surface area contributed by atoms with E-state index >= 15 is 0 Å². The fourth-order valence-corrected chi connectivity index (χ4v) is 3.61. The van der Waals surface area contributed by atoms with E-state index in [0.717, 1.165) is 15.4 Å². The van der Waals surface area contributed by atoms with Crippen molar-refractivity contribution >= 4 is 20.0 Å². The first-order chi connectivity index (χ1) is 9.60. The van der Waals surface area contributed by atoms with Gasteiger partial charge >= 0.3 is 0 Å². The van der Waals surface area contributed by atoms with E-state index in [4.69, 9.17) is 5.73 Å². The average molecular weight is 335 g/mol. The second-order valence-corrected chi connectivity index (χ2v) is 8.86. The molecule has 0 amide bonds. The molecular weight excluding hydrogens is 314 g/mol. The van der Waals surface area contributed by atoms with Crippen molar-refractivity contribution in [3.05, 3.63) is 29.3 Å². The van der Waals surface area contributed by atoms with Gasteiger partial charge in [-0.2, -0.15) is 0 Å². The molecule has 9 heteroatoms. The quantitative estimate of drug-likeness (QED) is 0.706. The summed E-state index contributed by atoms with van der Waals surface area (Å²) in [6.45, 7) is 1.93. The normalized spacial score (nSPS) is 12.8. The van der Waals surface area contributed by atoms with Crippen LogP contribution in [0.15, 0.2) is 23.1 Å². The summed E-state index contributed by atoms with van der Waals surface area (Å²) in [4.78, 5) is 0.0967. The van der Waals surface area contributed by atoms with Crippen molar-refractivity contribution in [2.24, 2.45) is 5.73 Å². The summed E-state index contributed by atoms with van der Waals surface area (Å²) in [7, 11) is -4.36. The topological polar surface area (TPSA) is 110 Å². The maximum atomic E-state index is 12.1. The maximum absolute atomic E-state index is 12.1. The van der Waals surface area contributed by atoms with Crippen LogP contribution in [0.25, 0.3) is 0 Å². The Morgan fingerprint density at radius 2 is 1.81 bits per heavy atom. The molecule has 0 atom stereocenters. The van der Waals surface area contributed by atoms with E-state index in [1.54, 1.807) is 13.0 Å². The molecule has 7 nitrogen and oxygen atoms in total. The van der Waals surface area contributed by atoms with E-state index < -0.39 is 20.0 Å². The summed E-state index contributed by atoms with van der Waals surface area (Å²) in [5.41, 5.74) is 7.17. The zero-order valence-electron chi connectivity index (χ0n) is 12.3. The van der Waals surface area contributed by atoms with Gasteiger partial charge in [-0.25, -0.2) is 25.9 Å². The van der Waals surface area contributed by atoms with Gasteiger partial charge in [0.2, 0.25) is 20.0 Å². The minimum Gasteiger partial charge on any atom is -0.326 e. The van der Waals surface area contributed by atoms with Crippen LogP contribution in [-0.4, -0.2) is 47.5 Å². The Morgan fingerprint density at radius 3 is 2.29 bits per heavy atom. The summed E-state index contributed by atoms with van der Waals surface area (Å²) >= 11 is 0. The SMILES string of the molecule is Cc1cc(S(=O)(=O)NCCS(=O)(=O)N(C)C)ccc1CN.